The van der Waals surface area contributed by atoms with Gasteiger partial charge in [-0.3, -0.25) is 14.6 Å². The molecule has 1 fully saturated rings. The predicted octanol–water partition coefficient (Wildman–Crippen LogP) is 0.685. The minimum atomic E-state index is -0.212. The van der Waals surface area contributed by atoms with Gasteiger partial charge in [0, 0.05) is 45.1 Å². The van der Waals surface area contributed by atoms with Gasteiger partial charge in [-0.25, -0.2) is 4.98 Å². The van der Waals surface area contributed by atoms with E-state index in [0.717, 1.165) is 30.8 Å². The van der Waals surface area contributed by atoms with E-state index in [2.05, 4.69) is 20.2 Å². The standard InChI is InChI=1S/C17H19N5O2/c23-13-21-6-8-22(9-7-21)15-3-4-16(19-12-15)17(24)20-11-14-2-1-5-18-10-14/h1-5,10,12-13H,6-9,11H2,(H,20,24). The van der Waals surface area contributed by atoms with E-state index in [9.17, 15) is 9.59 Å². The first kappa shape index (κ1) is 15.9. The van der Waals surface area contributed by atoms with Crippen molar-refractivity contribution in [2.75, 3.05) is 31.1 Å². The molecule has 7 heteroatoms. The third kappa shape index (κ3) is 3.87. The van der Waals surface area contributed by atoms with Crippen molar-refractivity contribution in [2.24, 2.45) is 0 Å². The van der Waals surface area contributed by atoms with Crippen LogP contribution in [0.4, 0.5) is 5.69 Å². The van der Waals surface area contributed by atoms with Crippen LogP contribution in [0.1, 0.15) is 16.1 Å². The van der Waals surface area contributed by atoms with Crippen molar-refractivity contribution in [3.63, 3.8) is 0 Å². The largest absolute Gasteiger partial charge is 0.367 e. The second-order valence-corrected chi connectivity index (χ2v) is 5.57. The van der Waals surface area contributed by atoms with Gasteiger partial charge >= 0.3 is 0 Å². The molecule has 0 saturated carbocycles. The van der Waals surface area contributed by atoms with Crippen molar-refractivity contribution < 1.29 is 9.59 Å². The molecule has 24 heavy (non-hydrogen) atoms. The Hall–Kier alpha value is -2.96. The molecule has 0 unspecified atom stereocenters. The number of anilines is 1. The summed E-state index contributed by atoms with van der Waals surface area (Å²) in [5.74, 6) is -0.212. The van der Waals surface area contributed by atoms with Gasteiger partial charge in [0.1, 0.15) is 5.69 Å². The molecular formula is C17H19N5O2. The first-order valence-electron chi connectivity index (χ1n) is 7.84. The predicted molar refractivity (Wildman–Crippen MR) is 89.5 cm³/mol. The maximum atomic E-state index is 12.1. The van der Waals surface area contributed by atoms with Gasteiger partial charge in [-0.1, -0.05) is 6.07 Å². The van der Waals surface area contributed by atoms with Crippen molar-refractivity contribution in [2.45, 2.75) is 6.54 Å². The quantitative estimate of drug-likeness (QED) is 0.818. The van der Waals surface area contributed by atoms with Crippen LogP contribution in [-0.4, -0.2) is 53.4 Å². The number of amides is 2. The number of aromatic nitrogens is 2. The van der Waals surface area contributed by atoms with E-state index in [-0.39, 0.29) is 5.91 Å². The number of hydrogen-bond donors (Lipinski definition) is 1. The summed E-state index contributed by atoms with van der Waals surface area (Å²) in [5, 5.41) is 2.83. The lowest BCUT2D eigenvalue weighted by molar-refractivity contribution is -0.118. The van der Waals surface area contributed by atoms with Crippen LogP contribution in [0.2, 0.25) is 0 Å². The van der Waals surface area contributed by atoms with Gasteiger partial charge in [0.25, 0.3) is 5.91 Å². The summed E-state index contributed by atoms with van der Waals surface area (Å²) < 4.78 is 0. The summed E-state index contributed by atoms with van der Waals surface area (Å²) in [6.07, 6.45) is 6.00. The average Bonchev–Trinajstić information content (AvgIpc) is 2.67. The molecule has 1 N–H and O–H groups in total. The Morgan fingerprint density at radius 2 is 2.00 bits per heavy atom. The first-order chi connectivity index (χ1) is 11.8. The minimum absolute atomic E-state index is 0.212. The highest BCUT2D eigenvalue weighted by Gasteiger charge is 2.16. The number of nitrogens with one attached hydrogen (secondary N) is 1. The molecular weight excluding hydrogens is 306 g/mol. The van der Waals surface area contributed by atoms with E-state index in [1.807, 2.05) is 18.2 Å². The normalized spacial score (nSPS) is 14.3. The zero-order valence-electron chi connectivity index (χ0n) is 13.3. The number of pyridine rings is 2. The first-order valence-corrected chi connectivity index (χ1v) is 7.84. The summed E-state index contributed by atoms with van der Waals surface area (Å²) in [4.78, 5) is 35.0. The highest BCUT2D eigenvalue weighted by Crippen LogP contribution is 2.15. The number of hydrogen-bond acceptors (Lipinski definition) is 5. The van der Waals surface area contributed by atoms with Gasteiger partial charge < -0.3 is 15.1 Å². The average molecular weight is 325 g/mol. The summed E-state index contributed by atoms with van der Waals surface area (Å²) in [6, 6.07) is 7.35. The van der Waals surface area contributed by atoms with Crippen LogP contribution >= 0.6 is 0 Å². The molecule has 0 radical (unpaired) electrons. The fourth-order valence-corrected chi connectivity index (χ4v) is 2.57. The van der Waals surface area contributed by atoms with Gasteiger partial charge in [-0.05, 0) is 23.8 Å². The smallest absolute Gasteiger partial charge is 0.270 e. The number of rotatable bonds is 5. The van der Waals surface area contributed by atoms with Gasteiger partial charge in [-0.15, -0.1) is 0 Å². The molecule has 1 aliphatic rings. The third-order valence-corrected chi connectivity index (χ3v) is 3.98. The number of piperazine rings is 1. The Morgan fingerprint density at radius 1 is 1.17 bits per heavy atom. The van der Waals surface area contributed by atoms with Crippen LogP contribution in [0.3, 0.4) is 0 Å². The van der Waals surface area contributed by atoms with E-state index in [1.165, 1.54) is 0 Å². The number of carbonyl (C=O) groups excluding carboxylic acids is 2. The number of nitrogens with zero attached hydrogens (tertiary/aromatic N) is 4. The second-order valence-electron chi connectivity index (χ2n) is 5.57. The molecule has 0 atom stereocenters. The van der Waals surface area contributed by atoms with E-state index in [0.29, 0.717) is 25.3 Å². The van der Waals surface area contributed by atoms with Crippen molar-refractivity contribution in [1.82, 2.24) is 20.2 Å². The molecule has 124 valence electrons. The van der Waals surface area contributed by atoms with E-state index < -0.39 is 0 Å². The summed E-state index contributed by atoms with van der Waals surface area (Å²) >= 11 is 0. The Kier molecular flexibility index (Phi) is 5.00. The van der Waals surface area contributed by atoms with Crippen molar-refractivity contribution >= 4 is 18.0 Å². The van der Waals surface area contributed by atoms with Crippen LogP contribution in [0.5, 0.6) is 0 Å². The Balaban J connectivity index is 1.56. The minimum Gasteiger partial charge on any atom is -0.367 e. The molecule has 0 spiro atoms. The monoisotopic (exact) mass is 325 g/mol. The lowest BCUT2D eigenvalue weighted by Crippen LogP contribution is -2.45. The van der Waals surface area contributed by atoms with Crippen molar-refractivity contribution in [3.05, 3.63) is 54.1 Å². The molecule has 0 aliphatic carbocycles. The van der Waals surface area contributed by atoms with Gasteiger partial charge in [0.2, 0.25) is 6.41 Å². The Labute approximate surface area is 140 Å². The molecule has 2 aromatic heterocycles. The topological polar surface area (TPSA) is 78.4 Å². The van der Waals surface area contributed by atoms with Crippen LogP contribution in [0.25, 0.3) is 0 Å². The van der Waals surface area contributed by atoms with Crippen LogP contribution < -0.4 is 10.2 Å². The second kappa shape index (κ2) is 7.54. The maximum absolute atomic E-state index is 12.1. The molecule has 7 nitrogen and oxygen atoms in total. The molecule has 0 aromatic carbocycles. The lowest BCUT2D eigenvalue weighted by atomic mass is 10.2. The summed E-state index contributed by atoms with van der Waals surface area (Å²) in [5.41, 5.74) is 2.29. The SMILES string of the molecule is O=CN1CCN(c2ccc(C(=O)NCc3cccnc3)nc2)CC1. The number of carbonyl (C=O) groups is 2. The fraction of sp³-hybridized carbons (Fsp3) is 0.294. The molecule has 0 bridgehead atoms. The van der Waals surface area contributed by atoms with Crippen LogP contribution in [0.15, 0.2) is 42.9 Å². The zero-order valence-corrected chi connectivity index (χ0v) is 13.3. The molecule has 2 aromatic rings. The molecule has 1 aliphatic heterocycles. The Bertz CT molecular complexity index is 682. The third-order valence-electron chi connectivity index (χ3n) is 3.98. The van der Waals surface area contributed by atoms with Gasteiger partial charge in [0.15, 0.2) is 0 Å². The van der Waals surface area contributed by atoms with E-state index in [4.69, 9.17) is 0 Å². The highest BCUT2D eigenvalue weighted by atomic mass is 16.2. The lowest BCUT2D eigenvalue weighted by Gasteiger charge is -2.33. The molecule has 1 saturated heterocycles. The van der Waals surface area contributed by atoms with Gasteiger partial charge in [0.05, 0.1) is 11.9 Å². The Morgan fingerprint density at radius 3 is 2.62 bits per heavy atom. The van der Waals surface area contributed by atoms with Crippen molar-refractivity contribution in [3.8, 4) is 0 Å². The fourth-order valence-electron chi connectivity index (χ4n) is 2.57. The molecule has 3 rings (SSSR count). The molecule has 2 amide bonds. The maximum Gasteiger partial charge on any atom is 0.270 e. The van der Waals surface area contributed by atoms with E-state index >= 15 is 0 Å². The van der Waals surface area contributed by atoms with Crippen LogP contribution in [0, 0.1) is 0 Å². The zero-order chi connectivity index (χ0) is 16.8. The van der Waals surface area contributed by atoms with Gasteiger partial charge in [-0.2, -0.15) is 0 Å². The van der Waals surface area contributed by atoms with E-state index in [1.54, 1.807) is 29.6 Å². The highest BCUT2D eigenvalue weighted by molar-refractivity contribution is 5.92. The van der Waals surface area contributed by atoms with Crippen molar-refractivity contribution in [1.29, 1.82) is 0 Å². The summed E-state index contributed by atoms with van der Waals surface area (Å²) in [6.45, 7) is 3.37. The molecule has 3 heterocycles. The summed E-state index contributed by atoms with van der Waals surface area (Å²) in [7, 11) is 0. The van der Waals surface area contributed by atoms with Crippen LogP contribution in [-0.2, 0) is 11.3 Å².